The minimum absolute atomic E-state index is 0.0369. The minimum atomic E-state index is -0.765. The van der Waals surface area contributed by atoms with Gasteiger partial charge in [0.25, 0.3) is 11.7 Å². The maximum atomic E-state index is 13.3. The van der Waals surface area contributed by atoms with Crippen molar-refractivity contribution in [3.05, 3.63) is 95.1 Å². The molecule has 1 N–H and O–H groups in total. The Bertz CT molecular complexity index is 1300. The maximum Gasteiger partial charge on any atom is 0.295 e. The second kappa shape index (κ2) is 10.2. The van der Waals surface area contributed by atoms with Gasteiger partial charge in [0.2, 0.25) is 0 Å². The second-order valence-electron chi connectivity index (χ2n) is 8.69. The average Bonchev–Trinajstić information content (AvgIpc) is 3.17. The van der Waals surface area contributed by atoms with Crippen LogP contribution in [0.15, 0.2) is 78.4 Å². The van der Waals surface area contributed by atoms with Crippen molar-refractivity contribution in [3.8, 4) is 17.2 Å². The largest absolute Gasteiger partial charge is 0.507 e. The number of hydrogen-bond donors (Lipinski definition) is 1. The summed E-state index contributed by atoms with van der Waals surface area (Å²) >= 11 is 0. The topological polar surface area (TPSA) is 85.3 Å². The quantitative estimate of drug-likeness (QED) is 0.292. The number of ketones is 1. The Labute approximate surface area is 209 Å². The van der Waals surface area contributed by atoms with Crippen molar-refractivity contribution in [1.82, 2.24) is 4.90 Å². The van der Waals surface area contributed by atoms with E-state index in [0.29, 0.717) is 48.2 Å². The summed E-state index contributed by atoms with van der Waals surface area (Å²) in [6.45, 7) is 3.69. The van der Waals surface area contributed by atoms with Crippen LogP contribution in [-0.4, -0.2) is 41.5 Å². The summed E-state index contributed by atoms with van der Waals surface area (Å²) in [5.74, 6) is 0.118. The normalized spacial score (nSPS) is 18.4. The zero-order valence-corrected chi connectivity index (χ0v) is 20.0. The Morgan fingerprint density at radius 1 is 0.972 bits per heavy atom. The lowest BCUT2D eigenvalue weighted by Gasteiger charge is -2.26. The molecular weight excluding hydrogens is 458 g/mol. The summed E-state index contributed by atoms with van der Waals surface area (Å²) < 4.78 is 16.9. The predicted molar refractivity (Wildman–Crippen MR) is 134 cm³/mol. The van der Waals surface area contributed by atoms with E-state index in [9.17, 15) is 14.7 Å². The number of benzene rings is 3. The van der Waals surface area contributed by atoms with E-state index < -0.39 is 17.7 Å². The van der Waals surface area contributed by atoms with Gasteiger partial charge < -0.3 is 24.2 Å². The zero-order valence-electron chi connectivity index (χ0n) is 20.0. The molecule has 1 saturated heterocycles. The van der Waals surface area contributed by atoms with E-state index in [1.54, 1.807) is 18.2 Å². The van der Waals surface area contributed by atoms with Gasteiger partial charge in [-0.15, -0.1) is 0 Å². The Balaban J connectivity index is 1.59. The highest BCUT2D eigenvalue weighted by Gasteiger charge is 2.46. The first-order valence-electron chi connectivity index (χ1n) is 12.0. The maximum absolute atomic E-state index is 13.3. The molecule has 7 nitrogen and oxygen atoms in total. The van der Waals surface area contributed by atoms with E-state index in [0.717, 1.165) is 12.0 Å². The summed E-state index contributed by atoms with van der Waals surface area (Å²) in [4.78, 5) is 28.1. The van der Waals surface area contributed by atoms with Crippen LogP contribution < -0.4 is 14.2 Å². The molecule has 1 unspecified atom stereocenters. The first-order chi connectivity index (χ1) is 17.6. The summed E-state index contributed by atoms with van der Waals surface area (Å²) in [5.41, 5.74) is 2.00. The van der Waals surface area contributed by atoms with Gasteiger partial charge in [-0.1, -0.05) is 49.4 Å². The third kappa shape index (κ3) is 4.52. The number of fused-ring (bicyclic) bond motifs is 1. The van der Waals surface area contributed by atoms with Gasteiger partial charge in [0, 0.05) is 12.1 Å². The Morgan fingerprint density at radius 2 is 1.69 bits per heavy atom. The van der Waals surface area contributed by atoms with Gasteiger partial charge in [-0.05, 0) is 47.9 Å². The van der Waals surface area contributed by atoms with E-state index in [1.165, 1.54) is 4.90 Å². The van der Waals surface area contributed by atoms with E-state index in [2.05, 4.69) is 0 Å². The molecule has 5 rings (SSSR count). The fraction of sp³-hybridized carbons (Fsp3) is 0.241. The molecule has 3 aromatic carbocycles. The van der Waals surface area contributed by atoms with Gasteiger partial charge in [-0.2, -0.15) is 0 Å². The standard InChI is InChI=1S/C29H27NO6/c1-2-14-34-22-11-8-20(9-12-22)26-25(27(31)21-10-13-23-24(17-21)36-16-15-35-23)28(32)29(33)30(26)18-19-6-4-3-5-7-19/h3-13,17,26,31H,2,14-16,18H2,1H3/b27-25+. The van der Waals surface area contributed by atoms with Crippen LogP contribution >= 0.6 is 0 Å². The smallest absolute Gasteiger partial charge is 0.295 e. The van der Waals surface area contributed by atoms with Crippen LogP contribution in [-0.2, 0) is 16.1 Å². The van der Waals surface area contributed by atoms with Gasteiger partial charge in [0.15, 0.2) is 11.5 Å². The summed E-state index contributed by atoms with van der Waals surface area (Å²) in [6.07, 6.45) is 0.883. The highest BCUT2D eigenvalue weighted by atomic mass is 16.6. The summed E-state index contributed by atoms with van der Waals surface area (Å²) in [5, 5.41) is 11.4. The van der Waals surface area contributed by atoms with Gasteiger partial charge in [-0.3, -0.25) is 9.59 Å². The highest BCUT2D eigenvalue weighted by molar-refractivity contribution is 6.46. The van der Waals surface area contributed by atoms with E-state index in [4.69, 9.17) is 14.2 Å². The molecule has 0 saturated carbocycles. The van der Waals surface area contributed by atoms with Crippen LogP contribution in [0.5, 0.6) is 17.2 Å². The van der Waals surface area contributed by atoms with Crippen LogP contribution in [0.2, 0.25) is 0 Å². The Morgan fingerprint density at radius 3 is 2.42 bits per heavy atom. The summed E-state index contributed by atoms with van der Waals surface area (Å²) in [7, 11) is 0. The molecule has 0 bridgehead atoms. The molecular formula is C29H27NO6. The molecule has 1 amide bonds. The number of carbonyl (C=O) groups is 2. The third-order valence-corrected chi connectivity index (χ3v) is 6.22. The number of aliphatic hydroxyl groups excluding tert-OH is 1. The molecule has 1 atom stereocenters. The van der Waals surface area contributed by atoms with E-state index in [-0.39, 0.29) is 17.9 Å². The number of aliphatic hydroxyl groups is 1. The van der Waals surface area contributed by atoms with Crippen LogP contribution in [0.25, 0.3) is 5.76 Å². The lowest BCUT2D eigenvalue weighted by molar-refractivity contribution is -0.140. The molecule has 184 valence electrons. The fourth-order valence-corrected chi connectivity index (χ4v) is 4.48. The van der Waals surface area contributed by atoms with Crippen molar-refractivity contribution in [1.29, 1.82) is 0 Å². The first kappa shape index (κ1) is 23.5. The monoisotopic (exact) mass is 485 g/mol. The molecule has 2 heterocycles. The van der Waals surface area contributed by atoms with Crippen molar-refractivity contribution in [3.63, 3.8) is 0 Å². The number of amides is 1. The minimum Gasteiger partial charge on any atom is -0.507 e. The molecule has 0 radical (unpaired) electrons. The number of carbonyl (C=O) groups excluding carboxylic acids is 2. The van der Waals surface area contributed by atoms with Gasteiger partial charge in [-0.25, -0.2) is 0 Å². The van der Waals surface area contributed by atoms with Crippen molar-refractivity contribution < 1.29 is 28.9 Å². The average molecular weight is 486 g/mol. The van der Waals surface area contributed by atoms with Gasteiger partial charge in [0.1, 0.15) is 24.7 Å². The number of rotatable bonds is 7. The number of ether oxygens (including phenoxy) is 3. The van der Waals surface area contributed by atoms with Crippen LogP contribution in [0, 0.1) is 0 Å². The fourth-order valence-electron chi connectivity index (χ4n) is 4.48. The van der Waals surface area contributed by atoms with Crippen LogP contribution in [0.3, 0.4) is 0 Å². The molecule has 2 aliphatic rings. The SMILES string of the molecule is CCCOc1ccc(C2/C(=C(\O)c3ccc4c(c3)OCCO4)C(=O)C(=O)N2Cc2ccccc2)cc1. The zero-order chi connectivity index (χ0) is 25.1. The van der Waals surface area contributed by atoms with Gasteiger partial charge in [0.05, 0.1) is 18.2 Å². The first-order valence-corrected chi connectivity index (χ1v) is 12.0. The molecule has 36 heavy (non-hydrogen) atoms. The lowest BCUT2D eigenvalue weighted by atomic mass is 9.95. The Hall–Kier alpha value is -4.26. The van der Waals surface area contributed by atoms with Crippen LogP contribution in [0.4, 0.5) is 0 Å². The molecule has 3 aromatic rings. The number of Topliss-reactive ketones (excluding diaryl/α,β-unsaturated/α-hetero) is 1. The van der Waals surface area contributed by atoms with E-state index >= 15 is 0 Å². The van der Waals surface area contributed by atoms with Crippen LogP contribution in [0.1, 0.15) is 36.1 Å². The van der Waals surface area contributed by atoms with Gasteiger partial charge >= 0.3 is 0 Å². The molecule has 0 aliphatic carbocycles. The van der Waals surface area contributed by atoms with Crippen molar-refractivity contribution in [2.24, 2.45) is 0 Å². The number of hydrogen-bond acceptors (Lipinski definition) is 6. The highest BCUT2D eigenvalue weighted by Crippen LogP contribution is 2.42. The predicted octanol–water partition coefficient (Wildman–Crippen LogP) is 4.87. The molecule has 2 aliphatic heterocycles. The van der Waals surface area contributed by atoms with Crippen molar-refractivity contribution >= 4 is 17.4 Å². The number of nitrogens with zero attached hydrogens (tertiary/aromatic N) is 1. The molecule has 7 heteroatoms. The van der Waals surface area contributed by atoms with E-state index in [1.807, 2.05) is 61.5 Å². The van der Waals surface area contributed by atoms with Crippen molar-refractivity contribution in [2.45, 2.75) is 25.9 Å². The summed E-state index contributed by atoms with van der Waals surface area (Å²) in [6, 6.07) is 21.0. The van der Waals surface area contributed by atoms with Crippen molar-refractivity contribution in [2.75, 3.05) is 19.8 Å². The number of likely N-dealkylation sites (tertiary alicyclic amines) is 1. The third-order valence-electron chi connectivity index (χ3n) is 6.22. The molecule has 0 aromatic heterocycles. The molecule has 1 fully saturated rings. The molecule has 0 spiro atoms. The lowest BCUT2D eigenvalue weighted by Crippen LogP contribution is -2.29. The Kier molecular flexibility index (Phi) is 6.62. The second-order valence-corrected chi connectivity index (χ2v) is 8.69.